The molecule has 1 atom stereocenters. The third-order valence-electron chi connectivity index (χ3n) is 6.36. The molecule has 0 saturated carbocycles. The third-order valence-corrected chi connectivity index (χ3v) is 6.36. The summed E-state index contributed by atoms with van der Waals surface area (Å²) in [4.78, 5) is 39.4. The van der Waals surface area contributed by atoms with Crippen LogP contribution in [-0.2, 0) is 11.3 Å². The number of oxime groups is 1. The highest BCUT2D eigenvalue weighted by atomic mass is 19.1. The maximum absolute atomic E-state index is 13.3. The summed E-state index contributed by atoms with van der Waals surface area (Å²) in [7, 11) is 1.51. The highest BCUT2D eigenvalue weighted by molar-refractivity contribution is 6.12. The highest BCUT2D eigenvalue weighted by Crippen LogP contribution is 2.28. The van der Waals surface area contributed by atoms with Gasteiger partial charge in [-0.1, -0.05) is 35.2 Å². The van der Waals surface area contributed by atoms with Gasteiger partial charge in [-0.3, -0.25) is 14.9 Å². The molecule has 0 aliphatic carbocycles. The van der Waals surface area contributed by atoms with Crippen LogP contribution in [0.4, 0.5) is 9.18 Å². The Morgan fingerprint density at radius 1 is 1.08 bits per heavy atom. The van der Waals surface area contributed by atoms with Crippen molar-refractivity contribution < 1.29 is 28.7 Å². The molecule has 190 valence electrons. The fourth-order valence-corrected chi connectivity index (χ4v) is 4.39. The number of hydrogen-bond acceptors (Lipinski definition) is 6. The molecule has 4 amide bonds. The van der Waals surface area contributed by atoms with Crippen molar-refractivity contribution in [2.75, 3.05) is 13.7 Å². The number of nitrogens with one attached hydrogen (secondary N) is 2. The lowest BCUT2D eigenvalue weighted by Crippen LogP contribution is -2.54. The Bertz CT molecular complexity index is 1540. The van der Waals surface area contributed by atoms with Crippen molar-refractivity contribution in [3.63, 3.8) is 0 Å². The van der Waals surface area contributed by atoms with Crippen molar-refractivity contribution in [2.45, 2.75) is 12.1 Å². The Kier molecular flexibility index (Phi) is 6.26. The lowest BCUT2D eigenvalue weighted by Gasteiger charge is -2.26. The molecule has 38 heavy (non-hydrogen) atoms. The van der Waals surface area contributed by atoms with Crippen LogP contribution in [0.15, 0.2) is 71.9 Å². The minimum atomic E-state index is -1.65. The molecule has 1 saturated heterocycles. The normalized spacial score (nSPS) is 18.4. The van der Waals surface area contributed by atoms with Crippen LogP contribution in [-0.4, -0.2) is 52.9 Å². The monoisotopic (exact) mass is 512 g/mol. The number of hydrogen-bond donors (Lipinski definition) is 3. The summed E-state index contributed by atoms with van der Waals surface area (Å²) in [6.45, 7) is 0.101. The molecule has 3 aromatic carbocycles. The van der Waals surface area contributed by atoms with E-state index in [4.69, 9.17) is 4.74 Å². The van der Waals surface area contributed by atoms with Gasteiger partial charge in [0.2, 0.25) is 5.54 Å². The molecule has 1 fully saturated rings. The molecule has 2 heterocycles. The Balaban J connectivity index is 1.40. The predicted octanol–water partition coefficient (Wildman–Crippen LogP) is 2.65. The van der Waals surface area contributed by atoms with E-state index in [-0.39, 0.29) is 24.7 Å². The smallest absolute Gasteiger partial charge is 0.323 e. The van der Waals surface area contributed by atoms with Gasteiger partial charge in [0, 0.05) is 28.8 Å². The van der Waals surface area contributed by atoms with Crippen LogP contribution in [0.5, 0.6) is 5.75 Å². The minimum absolute atomic E-state index is 0.155. The summed E-state index contributed by atoms with van der Waals surface area (Å²) in [5.74, 6) is 4.94. The van der Waals surface area contributed by atoms with Crippen molar-refractivity contribution in [3.05, 3.63) is 100 Å². The van der Waals surface area contributed by atoms with E-state index in [0.29, 0.717) is 28.0 Å². The van der Waals surface area contributed by atoms with E-state index in [1.807, 2.05) is 0 Å². The van der Waals surface area contributed by atoms with Gasteiger partial charge in [-0.05, 0) is 54.1 Å². The van der Waals surface area contributed by atoms with Gasteiger partial charge in [0.1, 0.15) is 17.3 Å². The first-order chi connectivity index (χ1) is 18.3. The second-order valence-corrected chi connectivity index (χ2v) is 8.78. The lowest BCUT2D eigenvalue weighted by molar-refractivity contribution is -0.122. The Morgan fingerprint density at radius 2 is 1.76 bits per heavy atom. The van der Waals surface area contributed by atoms with Crippen LogP contribution < -0.4 is 15.4 Å². The Morgan fingerprint density at radius 3 is 2.37 bits per heavy atom. The van der Waals surface area contributed by atoms with Crippen molar-refractivity contribution >= 4 is 23.6 Å². The molecule has 5 rings (SSSR count). The molecule has 2 aliphatic heterocycles. The van der Waals surface area contributed by atoms with Gasteiger partial charge in [-0.2, -0.15) is 0 Å². The topological polar surface area (TPSA) is 120 Å². The fraction of sp³-hybridized carbons (Fsp3) is 0.143. The molecular formula is C28H21FN4O5. The molecule has 3 aromatic rings. The molecule has 0 aromatic heterocycles. The van der Waals surface area contributed by atoms with E-state index in [1.165, 1.54) is 36.3 Å². The zero-order valence-electron chi connectivity index (χ0n) is 20.1. The first-order valence-corrected chi connectivity index (χ1v) is 11.5. The molecule has 0 radical (unpaired) electrons. The number of fused-ring (bicyclic) bond motifs is 1. The second kappa shape index (κ2) is 9.71. The number of ether oxygens (including phenoxy) is 1. The molecular weight excluding hydrogens is 491 g/mol. The van der Waals surface area contributed by atoms with E-state index in [1.54, 1.807) is 42.5 Å². The maximum Gasteiger partial charge on any atom is 0.323 e. The van der Waals surface area contributed by atoms with Gasteiger partial charge >= 0.3 is 6.03 Å². The van der Waals surface area contributed by atoms with Crippen LogP contribution in [0.1, 0.15) is 32.6 Å². The number of nitrogens with zero attached hydrogens (tertiary/aromatic N) is 2. The molecule has 0 unspecified atom stereocenters. The second-order valence-electron chi connectivity index (χ2n) is 8.78. The van der Waals surface area contributed by atoms with Gasteiger partial charge in [-0.15, -0.1) is 0 Å². The average Bonchev–Trinajstić information content (AvgIpc) is 3.38. The van der Waals surface area contributed by atoms with Gasteiger partial charge in [-0.25, -0.2) is 9.18 Å². The molecule has 9 nitrogen and oxygen atoms in total. The summed E-state index contributed by atoms with van der Waals surface area (Å²) in [5.41, 5.74) is 1.43. The van der Waals surface area contributed by atoms with Crippen molar-refractivity contribution in [1.29, 1.82) is 0 Å². The van der Waals surface area contributed by atoms with E-state index in [0.717, 1.165) is 5.56 Å². The quantitative estimate of drug-likeness (QED) is 0.160. The highest BCUT2D eigenvalue weighted by Gasteiger charge is 2.48. The lowest BCUT2D eigenvalue weighted by atomic mass is 9.98. The summed E-state index contributed by atoms with van der Waals surface area (Å²) in [6.07, 6.45) is 0. The van der Waals surface area contributed by atoms with E-state index in [9.17, 15) is 24.0 Å². The Labute approximate surface area is 216 Å². The average molecular weight is 512 g/mol. The van der Waals surface area contributed by atoms with Gasteiger partial charge in [0.15, 0.2) is 0 Å². The zero-order valence-corrected chi connectivity index (χ0v) is 20.1. The number of carbonyl (C=O) groups excluding carboxylic acids is 3. The SMILES string of the molecule is COc1ccc2c(c1)C(=O)N(C[C@@]1(C#Cc3ccc(/C(=N\O)c4ccc(F)cc4)cc3)NC(=O)NC1=O)C2. The summed E-state index contributed by atoms with van der Waals surface area (Å²) < 4.78 is 18.5. The van der Waals surface area contributed by atoms with E-state index >= 15 is 0 Å². The van der Waals surface area contributed by atoms with Crippen molar-refractivity contribution in [2.24, 2.45) is 5.16 Å². The van der Waals surface area contributed by atoms with Crippen LogP contribution >= 0.6 is 0 Å². The van der Waals surface area contributed by atoms with E-state index < -0.39 is 23.3 Å². The minimum Gasteiger partial charge on any atom is -0.497 e. The third kappa shape index (κ3) is 4.53. The van der Waals surface area contributed by atoms with E-state index in [2.05, 4.69) is 27.6 Å². The number of methoxy groups -OCH3 is 1. The first kappa shape index (κ1) is 24.5. The van der Waals surface area contributed by atoms with Gasteiger partial charge < -0.3 is 20.2 Å². The van der Waals surface area contributed by atoms with Crippen molar-refractivity contribution in [3.8, 4) is 17.6 Å². The number of urea groups is 1. The fourth-order valence-electron chi connectivity index (χ4n) is 4.39. The zero-order chi connectivity index (χ0) is 26.9. The van der Waals surface area contributed by atoms with Gasteiger partial charge in [0.25, 0.3) is 11.8 Å². The van der Waals surface area contributed by atoms with Crippen LogP contribution in [0, 0.1) is 17.7 Å². The number of halogens is 1. The van der Waals surface area contributed by atoms with Crippen LogP contribution in [0.3, 0.4) is 0 Å². The summed E-state index contributed by atoms with van der Waals surface area (Å²) in [6, 6.07) is 16.6. The van der Waals surface area contributed by atoms with Gasteiger partial charge in [0.05, 0.1) is 13.7 Å². The molecule has 10 heteroatoms. The number of imide groups is 1. The predicted molar refractivity (Wildman–Crippen MR) is 134 cm³/mol. The number of amides is 4. The molecule has 3 N–H and O–H groups in total. The first-order valence-electron chi connectivity index (χ1n) is 11.5. The van der Waals surface area contributed by atoms with Crippen molar-refractivity contribution in [1.82, 2.24) is 15.5 Å². The largest absolute Gasteiger partial charge is 0.497 e. The van der Waals surface area contributed by atoms with Crippen LogP contribution in [0.2, 0.25) is 0 Å². The molecule has 0 bridgehead atoms. The maximum atomic E-state index is 13.3. The number of rotatable bonds is 5. The Hall–Kier alpha value is -5.17. The summed E-state index contributed by atoms with van der Waals surface area (Å²) in [5, 5.41) is 17.6. The summed E-state index contributed by atoms with van der Waals surface area (Å²) >= 11 is 0. The molecule has 2 aliphatic rings. The standard InChI is InChI=1S/C28H21FN4O5/c1-38-22-11-8-20-15-33(25(34)23(20)14-22)16-28(26(35)30-27(36)31-28)13-12-17-2-4-18(5-3-17)24(32-37)19-6-9-21(29)10-7-19/h2-11,14,37H,15-16H2,1H3,(H2,30,31,35,36)/b32-24+/t28-/m1/s1. The number of benzene rings is 3. The number of carbonyl (C=O) groups is 3. The van der Waals surface area contributed by atoms with Crippen LogP contribution in [0.25, 0.3) is 0 Å². The molecule has 0 spiro atoms.